The number of halogens is 1. The molecule has 0 spiro atoms. The SMILES string of the molecule is NC(=O)[C@H]1CCCN(C(=O)COC(=O)c2cc3c(F)cccc3s2)C1. The van der Waals surface area contributed by atoms with Crippen LogP contribution < -0.4 is 5.73 Å². The van der Waals surface area contributed by atoms with Crippen molar-refractivity contribution in [2.24, 2.45) is 11.7 Å². The van der Waals surface area contributed by atoms with Crippen LogP contribution in [-0.2, 0) is 14.3 Å². The maximum absolute atomic E-state index is 13.7. The number of carbonyl (C=O) groups excluding carboxylic acids is 3. The first-order chi connectivity index (χ1) is 12.0. The molecule has 0 saturated carbocycles. The molecule has 132 valence electrons. The van der Waals surface area contributed by atoms with Crippen LogP contribution in [0.2, 0.25) is 0 Å². The van der Waals surface area contributed by atoms with Gasteiger partial charge in [-0.15, -0.1) is 11.3 Å². The van der Waals surface area contributed by atoms with Gasteiger partial charge in [-0.25, -0.2) is 9.18 Å². The predicted molar refractivity (Wildman–Crippen MR) is 90.6 cm³/mol. The molecule has 1 aromatic carbocycles. The molecule has 0 bridgehead atoms. The Morgan fingerprint density at radius 3 is 2.88 bits per heavy atom. The minimum absolute atomic E-state index is 0.238. The number of benzene rings is 1. The monoisotopic (exact) mass is 364 g/mol. The van der Waals surface area contributed by atoms with Gasteiger partial charge >= 0.3 is 5.97 Å². The van der Waals surface area contributed by atoms with Crippen molar-refractivity contribution in [2.75, 3.05) is 19.7 Å². The topological polar surface area (TPSA) is 89.7 Å². The highest BCUT2D eigenvalue weighted by Crippen LogP contribution is 2.28. The summed E-state index contributed by atoms with van der Waals surface area (Å²) in [5, 5.41) is 0.353. The third-order valence-electron chi connectivity index (χ3n) is 4.21. The van der Waals surface area contributed by atoms with E-state index in [2.05, 4.69) is 0 Å². The summed E-state index contributed by atoms with van der Waals surface area (Å²) in [7, 11) is 0. The zero-order valence-corrected chi connectivity index (χ0v) is 14.2. The second kappa shape index (κ2) is 7.18. The molecule has 2 heterocycles. The molecule has 2 aromatic rings. The Kier molecular flexibility index (Phi) is 4.98. The lowest BCUT2D eigenvalue weighted by Gasteiger charge is -2.30. The minimum Gasteiger partial charge on any atom is -0.451 e. The number of esters is 1. The fourth-order valence-electron chi connectivity index (χ4n) is 2.85. The van der Waals surface area contributed by atoms with E-state index in [1.54, 1.807) is 12.1 Å². The van der Waals surface area contributed by atoms with Gasteiger partial charge in [0.1, 0.15) is 10.7 Å². The number of carbonyl (C=O) groups is 3. The molecular weight excluding hydrogens is 347 g/mol. The van der Waals surface area contributed by atoms with E-state index in [0.29, 0.717) is 29.5 Å². The maximum atomic E-state index is 13.7. The van der Waals surface area contributed by atoms with Gasteiger partial charge in [-0.05, 0) is 31.0 Å². The molecule has 1 fully saturated rings. The van der Waals surface area contributed by atoms with Crippen LogP contribution in [0.4, 0.5) is 4.39 Å². The normalized spacial score (nSPS) is 17.5. The number of nitrogens with zero attached hydrogens (tertiary/aromatic N) is 1. The van der Waals surface area contributed by atoms with E-state index >= 15 is 0 Å². The van der Waals surface area contributed by atoms with Crippen LogP contribution in [0, 0.1) is 11.7 Å². The van der Waals surface area contributed by atoms with E-state index in [4.69, 9.17) is 10.5 Å². The zero-order chi connectivity index (χ0) is 18.0. The minimum atomic E-state index is -0.669. The van der Waals surface area contributed by atoms with Crippen LogP contribution in [-0.4, -0.2) is 42.4 Å². The summed E-state index contributed by atoms with van der Waals surface area (Å²) < 4.78 is 19.4. The van der Waals surface area contributed by atoms with Crippen molar-refractivity contribution >= 4 is 39.2 Å². The summed E-state index contributed by atoms with van der Waals surface area (Å²) in [4.78, 5) is 37.3. The van der Waals surface area contributed by atoms with E-state index in [0.717, 1.165) is 11.3 Å². The molecule has 2 N–H and O–H groups in total. The number of nitrogens with two attached hydrogens (primary N) is 1. The van der Waals surface area contributed by atoms with Crippen molar-refractivity contribution in [1.82, 2.24) is 4.90 Å². The van der Waals surface area contributed by atoms with E-state index in [-0.39, 0.29) is 23.2 Å². The second-order valence-electron chi connectivity index (χ2n) is 5.92. The molecule has 0 unspecified atom stereocenters. The summed E-state index contributed by atoms with van der Waals surface area (Å²) in [5.41, 5.74) is 5.29. The summed E-state index contributed by atoms with van der Waals surface area (Å²) in [6.07, 6.45) is 1.34. The van der Waals surface area contributed by atoms with E-state index in [9.17, 15) is 18.8 Å². The first-order valence-electron chi connectivity index (χ1n) is 7.88. The van der Waals surface area contributed by atoms with Crippen molar-refractivity contribution in [3.05, 3.63) is 35.0 Å². The van der Waals surface area contributed by atoms with Gasteiger partial charge in [0.25, 0.3) is 5.91 Å². The average Bonchev–Trinajstić information content (AvgIpc) is 3.05. The third-order valence-corrected chi connectivity index (χ3v) is 5.29. The molecule has 1 saturated heterocycles. The Morgan fingerprint density at radius 1 is 1.36 bits per heavy atom. The molecule has 1 aromatic heterocycles. The molecule has 2 amide bonds. The van der Waals surface area contributed by atoms with Gasteiger partial charge in [0.2, 0.25) is 5.91 Å². The lowest BCUT2D eigenvalue weighted by atomic mass is 9.97. The first kappa shape index (κ1) is 17.3. The number of rotatable bonds is 4. The van der Waals surface area contributed by atoms with E-state index in [1.165, 1.54) is 17.0 Å². The summed E-state index contributed by atoms with van der Waals surface area (Å²) >= 11 is 1.11. The fraction of sp³-hybridized carbons (Fsp3) is 0.353. The van der Waals surface area contributed by atoms with Gasteiger partial charge in [-0.2, -0.15) is 0 Å². The lowest BCUT2D eigenvalue weighted by molar-refractivity contribution is -0.137. The second-order valence-corrected chi connectivity index (χ2v) is 7.00. The molecule has 25 heavy (non-hydrogen) atoms. The lowest BCUT2D eigenvalue weighted by Crippen LogP contribution is -2.45. The Labute approximate surface area is 147 Å². The summed E-state index contributed by atoms with van der Waals surface area (Å²) in [6.45, 7) is 0.342. The molecule has 0 aliphatic carbocycles. The number of primary amides is 1. The smallest absolute Gasteiger partial charge is 0.348 e. The molecule has 1 aliphatic rings. The molecule has 1 atom stereocenters. The van der Waals surface area contributed by atoms with Gasteiger partial charge in [0.05, 0.1) is 5.92 Å². The van der Waals surface area contributed by atoms with Gasteiger partial charge in [0, 0.05) is 23.2 Å². The van der Waals surface area contributed by atoms with Crippen LogP contribution in [0.5, 0.6) is 0 Å². The molecule has 3 rings (SSSR count). The first-order valence-corrected chi connectivity index (χ1v) is 8.69. The standard InChI is InChI=1S/C17H17FN2O4S/c18-12-4-1-5-13-11(12)7-14(25-13)17(23)24-9-15(21)20-6-2-3-10(8-20)16(19)22/h1,4-5,7,10H,2-3,6,8-9H2,(H2,19,22)/t10-/m0/s1. The van der Waals surface area contributed by atoms with Gasteiger partial charge in [-0.3, -0.25) is 9.59 Å². The third kappa shape index (κ3) is 3.79. The number of piperidine rings is 1. The van der Waals surface area contributed by atoms with Crippen LogP contribution in [0.25, 0.3) is 10.1 Å². The van der Waals surface area contributed by atoms with Crippen LogP contribution in [0.1, 0.15) is 22.5 Å². The molecule has 6 nitrogen and oxygen atoms in total. The van der Waals surface area contributed by atoms with Crippen LogP contribution in [0.15, 0.2) is 24.3 Å². The van der Waals surface area contributed by atoms with E-state index < -0.39 is 24.3 Å². The van der Waals surface area contributed by atoms with Crippen molar-refractivity contribution in [2.45, 2.75) is 12.8 Å². The quantitative estimate of drug-likeness (QED) is 0.840. The number of ether oxygens (including phenoxy) is 1. The largest absolute Gasteiger partial charge is 0.451 e. The Morgan fingerprint density at radius 2 is 2.16 bits per heavy atom. The number of hydrogen-bond acceptors (Lipinski definition) is 5. The highest BCUT2D eigenvalue weighted by Gasteiger charge is 2.27. The van der Waals surface area contributed by atoms with Gasteiger partial charge in [0.15, 0.2) is 6.61 Å². The number of hydrogen-bond donors (Lipinski definition) is 1. The number of thiophene rings is 1. The summed E-state index contributed by atoms with van der Waals surface area (Å²) in [5.74, 6) is -2.24. The highest BCUT2D eigenvalue weighted by atomic mass is 32.1. The Balaban J connectivity index is 1.60. The highest BCUT2D eigenvalue weighted by molar-refractivity contribution is 7.20. The van der Waals surface area contributed by atoms with Gasteiger partial charge < -0.3 is 15.4 Å². The van der Waals surface area contributed by atoms with Crippen molar-refractivity contribution < 1.29 is 23.5 Å². The number of likely N-dealkylation sites (tertiary alicyclic amines) is 1. The molecule has 1 aliphatic heterocycles. The van der Waals surface area contributed by atoms with Crippen LogP contribution in [0.3, 0.4) is 0 Å². The fourth-order valence-corrected chi connectivity index (χ4v) is 3.82. The molecule has 0 radical (unpaired) electrons. The van der Waals surface area contributed by atoms with E-state index in [1.807, 2.05) is 0 Å². The van der Waals surface area contributed by atoms with Crippen LogP contribution >= 0.6 is 11.3 Å². The van der Waals surface area contributed by atoms with Crippen molar-refractivity contribution in [1.29, 1.82) is 0 Å². The summed E-state index contributed by atoms with van der Waals surface area (Å²) in [6, 6.07) is 6.02. The van der Waals surface area contributed by atoms with Crippen molar-refractivity contribution in [3.63, 3.8) is 0 Å². The Bertz CT molecular complexity index is 835. The van der Waals surface area contributed by atoms with Gasteiger partial charge in [-0.1, -0.05) is 6.07 Å². The molecule has 8 heteroatoms. The Hall–Kier alpha value is -2.48. The number of fused-ring (bicyclic) bond motifs is 1. The maximum Gasteiger partial charge on any atom is 0.348 e. The number of amides is 2. The predicted octanol–water partition coefficient (Wildman–Crippen LogP) is 1.92. The molecular formula is C17H17FN2O4S. The zero-order valence-electron chi connectivity index (χ0n) is 13.4. The van der Waals surface area contributed by atoms with Crippen molar-refractivity contribution in [3.8, 4) is 0 Å². The average molecular weight is 364 g/mol.